The highest BCUT2D eigenvalue weighted by molar-refractivity contribution is 6.30. The van der Waals surface area contributed by atoms with Gasteiger partial charge in [0.25, 0.3) is 0 Å². The molecule has 1 atom stereocenters. The van der Waals surface area contributed by atoms with Crippen molar-refractivity contribution in [3.63, 3.8) is 0 Å². The Bertz CT molecular complexity index is 915. The predicted molar refractivity (Wildman–Crippen MR) is 111 cm³/mol. The Morgan fingerprint density at radius 3 is 2.52 bits per heavy atom. The number of carbonyl (C=O) groups is 1. The first-order valence-corrected chi connectivity index (χ1v) is 9.84. The zero-order valence-electron chi connectivity index (χ0n) is 16.1. The molecule has 0 fully saturated rings. The number of fused-ring (bicyclic) bond motifs is 1. The van der Waals surface area contributed by atoms with Gasteiger partial charge < -0.3 is 9.88 Å². The van der Waals surface area contributed by atoms with Crippen molar-refractivity contribution >= 4 is 28.5 Å². The maximum atomic E-state index is 12.4. The average Bonchev–Trinajstić information content (AvgIpc) is 2.99. The van der Waals surface area contributed by atoms with Crippen LogP contribution in [-0.2, 0) is 11.3 Å². The van der Waals surface area contributed by atoms with Gasteiger partial charge in [-0.25, -0.2) is 4.98 Å². The second-order valence-corrected chi connectivity index (χ2v) is 7.73. The van der Waals surface area contributed by atoms with Crippen molar-refractivity contribution in [3.05, 3.63) is 64.9 Å². The van der Waals surface area contributed by atoms with E-state index in [-0.39, 0.29) is 11.9 Å². The average molecular weight is 384 g/mol. The van der Waals surface area contributed by atoms with Gasteiger partial charge >= 0.3 is 0 Å². The lowest BCUT2D eigenvalue weighted by Crippen LogP contribution is -2.31. The Hall–Kier alpha value is -2.33. The van der Waals surface area contributed by atoms with E-state index in [0.29, 0.717) is 18.9 Å². The Morgan fingerprint density at radius 2 is 1.85 bits per heavy atom. The molecule has 27 heavy (non-hydrogen) atoms. The minimum absolute atomic E-state index is 0.0712. The zero-order valence-corrected chi connectivity index (χ0v) is 16.8. The molecule has 1 unspecified atom stereocenters. The molecule has 0 spiro atoms. The van der Waals surface area contributed by atoms with E-state index in [1.54, 1.807) is 0 Å². The summed E-state index contributed by atoms with van der Waals surface area (Å²) in [7, 11) is 0. The first kappa shape index (κ1) is 19.4. The maximum absolute atomic E-state index is 12.4. The molecular formula is C22H26ClN3O. The predicted octanol–water partition coefficient (Wildman–Crippen LogP) is 5.35. The summed E-state index contributed by atoms with van der Waals surface area (Å²) in [5.41, 5.74) is 3.16. The van der Waals surface area contributed by atoms with Crippen LogP contribution in [0.1, 0.15) is 51.0 Å². The molecule has 3 rings (SSSR count). The molecule has 0 aliphatic rings. The van der Waals surface area contributed by atoms with E-state index in [1.165, 1.54) is 0 Å². The number of aromatic nitrogens is 2. The minimum Gasteiger partial charge on any atom is -0.346 e. The van der Waals surface area contributed by atoms with Gasteiger partial charge in [0.05, 0.1) is 17.1 Å². The van der Waals surface area contributed by atoms with E-state index < -0.39 is 0 Å². The number of carbonyl (C=O) groups excluding carboxylic acids is 1. The van der Waals surface area contributed by atoms with E-state index in [9.17, 15) is 4.79 Å². The number of benzene rings is 2. The van der Waals surface area contributed by atoms with E-state index in [2.05, 4.69) is 36.7 Å². The smallest absolute Gasteiger partial charge is 0.220 e. The first-order valence-electron chi connectivity index (χ1n) is 9.47. The molecule has 1 N–H and O–H groups in total. The summed E-state index contributed by atoms with van der Waals surface area (Å²) in [6.45, 7) is 6.86. The lowest BCUT2D eigenvalue weighted by atomic mass is 10.1. The number of para-hydroxylation sites is 2. The summed E-state index contributed by atoms with van der Waals surface area (Å²) in [5.74, 6) is 1.29. The van der Waals surface area contributed by atoms with Crippen LogP contribution in [0.15, 0.2) is 48.5 Å². The third kappa shape index (κ3) is 4.69. The van der Waals surface area contributed by atoms with Crippen LogP contribution in [0.2, 0.25) is 5.02 Å². The number of nitrogens with zero attached hydrogens (tertiary/aromatic N) is 2. The number of hydrogen-bond donors (Lipinski definition) is 1. The molecule has 1 aromatic heterocycles. The Morgan fingerprint density at radius 1 is 1.15 bits per heavy atom. The van der Waals surface area contributed by atoms with Crippen LogP contribution in [0.5, 0.6) is 0 Å². The lowest BCUT2D eigenvalue weighted by molar-refractivity contribution is -0.122. The summed E-state index contributed by atoms with van der Waals surface area (Å²) in [4.78, 5) is 17.2. The maximum Gasteiger partial charge on any atom is 0.220 e. The SMILES string of the molecule is CCC(NC(=O)CC(C)C)c1nc2ccccc2n1Cc1ccc(Cl)cc1. The fourth-order valence-corrected chi connectivity index (χ4v) is 3.40. The van der Waals surface area contributed by atoms with Gasteiger partial charge in [-0.3, -0.25) is 4.79 Å². The van der Waals surface area contributed by atoms with Gasteiger partial charge in [-0.2, -0.15) is 0 Å². The number of rotatable bonds is 7. The van der Waals surface area contributed by atoms with Crippen molar-refractivity contribution < 1.29 is 4.79 Å². The van der Waals surface area contributed by atoms with Gasteiger partial charge in [0.2, 0.25) is 5.91 Å². The Balaban J connectivity index is 1.97. The summed E-state index contributed by atoms with van der Waals surface area (Å²) in [6, 6.07) is 15.8. The number of imidazole rings is 1. The van der Waals surface area contributed by atoms with Gasteiger partial charge in [0, 0.05) is 18.0 Å². The van der Waals surface area contributed by atoms with Crippen molar-refractivity contribution in [1.29, 1.82) is 0 Å². The van der Waals surface area contributed by atoms with Crippen molar-refractivity contribution in [2.24, 2.45) is 5.92 Å². The fraction of sp³-hybridized carbons (Fsp3) is 0.364. The first-order chi connectivity index (χ1) is 13.0. The van der Waals surface area contributed by atoms with Crippen LogP contribution in [0.4, 0.5) is 0 Å². The zero-order chi connectivity index (χ0) is 19.4. The van der Waals surface area contributed by atoms with Crippen molar-refractivity contribution in [3.8, 4) is 0 Å². The van der Waals surface area contributed by atoms with Gasteiger partial charge in [-0.15, -0.1) is 0 Å². The highest BCUT2D eigenvalue weighted by atomic mass is 35.5. The third-order valence-corrected chi connectivity index (χ3v) is 4.84. The molecule has 0 radical (unpaired) electrons. The number of nitrogens with one attached hydrogen (secondary N) is 1. The Kier molecular flexibility index (Phi) is 6.17. The number of halogens is 1. The summed E-state index contributed by atoms with van der Waals surface area (Å²) >= 11 is 6.02. The van der Waals surface area contributed by atoms with Crippen LogP contribution < -0.4 is 5.32 Å². The number of hydrogen-bond acceptors (Lipinski definition) is 2. The van der Waals surface area contributed by atoms with E-state index in [0.717, 1.165) is 33.9 Å². The monoisotopic (exact) mass is 383 g/mol. The van der Waals surface area contributed by atoms with Crippen LogP contribution in [0, 0.1) is 5.92 Å². The molecule has 0 saturated carbocycles. The van der Waals surface area contributed by atoms with Crippen molar-refractivity contribution in [1.82, 2.24) is 14.9 Å². The van der Waals surface area contributed by atoms with Crippen LogP contribution in [0.25, 0.3) is 11.0 Å². The molecule has 5 heteroatoms. The molecule has 1 amide bonds. The largest absolute Gasteiger partial charge is 0.346 e. The normalized spacial score (nSPS) is 12.5. The fourth-order valence-electron chi connectivity index (χ4n) is 3.27. The molecule has 1 heterocycles. The number of amides is 1. The van der Waals surface area contributed by atoms with Gasteiger partial charge in [-0.1, -0.05) is 56.6 Å². The second-order valence-electron chi connectivity index (χ2n) is 7.30. The molecule has 3 aromatic rings. The second kappa shape index (κ2) is 8.57. The molecule has 0 saturated heterocycles. The third-order valence-electron chi connectivity index (χ3n) is 4.59. The Labute approximate surface area is 165 Å². The molecule has 142 valence electrons. The summed E-state index contributed by atoms with van der Waals surface area (Å²) < 4.78 is 2.20. The van der Waals surface area contributed by atoms with Gasteiger partial charge in [-0.05, 0) is 42.2 Å². The standard InChI is InChI=1S/C22H26ClN3O/c1-4-18(24-21(27)13-15(2)3)22-25-19-7-5-6-8-20(19)26(22)14-16-9-11-17(23)12-10-16/h5-12,15,18H,4,13-14H2,1-3H3,(H,24,27). The highest BCUT2D eigenvalue weighted by Crippen LogP contribution is 2.25. The van der Waals surface area contributed by atoms with Crippen LogP contribution >= 0.6 is 11.6 Å². The van der Waals surface area contributed by atoms with Crippen LogP contribution in [0.3, 0.4) is 0 Å². The quantitative estimate of drug-likeness (QED) is 0.597. The molecular weight excluding hydrogens is 358 g/mol. The summed E-state index contributed by atoms with van der Waals surface area (Å²) in [6.07, 6.45) is 1.31. The highest BCUT2D eigenvalue weighted by Gasteiger charge is 2.21. The van der Waals surface area contributed by atoms with Crippen molar-refractivity contribution in [2.45, 2.75) is 46.2 Å². The minimum atomic E-state index is -0.115. The molecule has 2 aromatic carbocycles. The molecule has 0 aliphatic carbocycles. The lowest BCUT2D eigenvalue weighted by Gasteiger charge is -2.19. The molecule has 4 nitrogen and oxygen atoms in total. The summed E-state index contributed by atoms with van der Waals surface area (Å²) in [5, 5.41) is 3.89. The van der Waals surface area contributed by atoms with E-state index in [1.807, 2.05) is 42.5 Å². The van der Waals surface area contributed by atoms with E-state index in [4.69, 9.17) is 16.6 Å². The molecule has 0 bridgehead atoms. The molecule has 0 aliphatic heterocycles. The van der Waals surface area contributed by atoms with E-state index >= 15 is 0 Å². The van der Waals surface area contributed by atoms with Gasteiger partial charge in [0.15, 0.2) is 0 Å². The van der Waals surface area contributed by atoms with Gasteiger partial charge in [0.1, 0.15) is 5.82 Å². The van der Waals surface area contributed by atoms with Crippen molar-refractivity contribution in [2.75, 3.05) is 0 Å². The van der Waals surface area contributed by atoms with Crippen LogP contribution in [-0.4, -0.2) is 15.5 Å². The topological polar surface area (TPSA) is 46.9 Å².